The lowest BCUT2D eigenvalue weighted by atomic mass is 9.85. The molecular weight excluding hydrogens is 122 g/mol. The highest BCUT2D eigenvalue weighted by Gasteiger charge is 2.19. The summed E-state index contributed by atoms with van der Waals surface area (Å²) >= 11 is 0. The number of hydrogen-bond donors (Lipinski definition) is 1. The van der Waals surface area contributed by atoms with E-state index < -0.39 is 0 Å². The zero-order chi connectivity index (χ0) is 7.40. The van der Waals surface area contributed by atoms with Crippen molar-refractivity contribution < 1.29 is 0 Å². The fraction of sp³-hybridized carbons (Fsp3) is 0.778. The molecule has 0 saturated heterocycles. The molecule has 1 rings (SSSR count). The Labute approximate surface area is 63.5 Å². The van der Waals surface area contributed by atoms with Crippen molar-refractivity contribution in [1.82, 2.24) is 5.32 Å². The molecule has 0 radical (unpaired) electrons. The van der Waals surface area contributed by atoms with Crippen LogP contribution in [0.4, 0.5) is 0 Å². The van der Waals surface area contributed by atoms with E-state index in [0.717, 1.165) is 5.92 Å². The summed E-state index contributed by atoms with van der Waals surface area (Å²) in [7, 11) is 2.05. The molecule has 0 heterocycles. The summed E-state index contributed by atoms with van der Waals surface area (Å²) in [6, 6.07) is 0.700. The average molecular weight is 139 g/mol. The first-order valence-electron chi connectivity index (χ1n) is 4.18. The van der Waals surface area contributed by atoms with Gasteiger partial charge in [-0.3, -0.25) is 0 Å². The molecule has 0 aromatic rings. The molecule has 1 saturated carbocycles. The van der Waals surface area contributed by atoms with E-state index in [1.54, 1.807) is 0 Å². The first-order chi connectivity index (χ1) is 4.88. The third-order valence-electron chi connectivity index (χ3n) is 2.49. The Hall–Kier alpha value is -0.300. The lowest BCUT2D eigenvalue weighted by Gasteiger charge is -2.28. The highest BCUT2D eigenvalue weighted by atomic mass is 14.9. The Morgan fingerprint density at radius 3 is 2.60 bits per heavy atom. The second-order valence-electron chi connectivity index (χ2n) is 3.08. The molecule has 2 unspecified atom stereocenters. The maximum atomic E-state index is 3.84. The summed E-state index contributed by atoms with van der Waals surface area (Å²) in [6.07, 6.45) is 7.52. The normalized spacial score (nSPS) is 33.7. The number of rotatable bonds is 2. The highest BCUT2D eigenvalue weighted by molar-refractivity contribution is 4.90. The smallest absolute Gasteiger partial charge is 0.0127 e. The lowest BCUT2D eigenvalue weighted by molar-refractivity contribution is 0.322. The quantitative estimate of drug-likeness (QED) is 0.577. The standard InChI is InChI=1S/C9H17N/c1-3-8-6-4-5-7-9(8)10-2/h3,8-10H,1,4-7H2,2H3. The van der Waals surface area contributed by atoms with Gasteiger partial charge in [-0.25, -0.2) is 0 Å². The van der Waals surface area contributed by atoms with Crippen LogP contribution in [0.2, 0.25) is 0 Å². The third kappa shape index (κ3) is 1.60. The maximum absolute atomic E-state index is 3.84. The molecule has 0 bridgehead atoms. The summed E-state index contributed by atoms with van der Waals surface area (Å²) in [5.74, 6) is 0.721. The van der Waals surface area contributed by atoms with Crippen molar-refractivity contribution in [1.29, 1.82) is 0 Å². The van der Waals surface area contributed by atoms with Gasteiger partial charge in [-0.15, -0.1) is 6.58 Å². The molecule has 0 spiro atoms. The minimum Gasteiger partial charge on any atom is -0.316 e. The van der Waals surface area contributed by atoms with E-state index in [4.69, 9.17) is 0 Å². The van der Waals surface area contributed by atoms with Crippen molar-refractivity contribution in [3.05, 3.63) is 12.7 Å². The van der Waals surface area contributed by atoms with Crippen LogP contribution in [0.25, 0.3) is 0 Å². The van der Waals surface area contributed by atoms with Crippen LogP contribution in [-0.4, -0.2) is 13.1 Å². The monoisotopic (exact) mass is 139 g/mol. The Morgan fingerprint density at radius 2 is 2.10 bits per heavy atom. The predicted molar refractivity (Wildman–Crippen MR) is 45.0 cm³/mol. The fourth-order valence-corrected chi connectivity index (χ4v) is 1.80. The molecule has 1 fully saturated rings. The molecule has 1 heteroatoms. The van der Waals surface area contributed by atoms with E-state index in [1.807, 2.05) is 7.05 Å². The Kier molecular flexibility index (Phi) is 2.94. The molecule has 0 aromatic carbocycles. The van der Waals surface area contributed by atoms with Gasteiger partial charge >= 0.3 is 0 Å². The van der Waals surface area contributed by atoms with Crippen LogP contribution in [0.15, 0.2) is 12.7 Å². The Bertz CT molecular complexity index is 109. The molecule has 58 valence electrons. The van der Waals surface area contributed by atoms with E-state index in [0.29, 0.717) is 6.04 Å². The van der Waals surface area contributed by atoms with Crippen molar-refractivity contribution in [3.8, 4) is 0 Å². The topological polar surface area (TPSA) is 12.0 Å². The maximum Gasteiger partial charge on any atom is 0.0127 e. The summed E-state index contributed by atoms with van der Waals surface area (Å²) < 4.78 is 0. The minimum absolute atomic E-state index is 0.700. The second-order valence-corrected chi connectivity index (χ2v) is 3.08. The molecule has 1 aliphatic carbocycles. The summed E-state index contributed by atoms with van der Waals surface area (Å²) in [5, 5.41) is 3.33. The zero-order valence-electron chi connectivity index (χ0n) is 6.77. The zero-order valence-corrected chi connectivity index (χ0v) is 6.77. The van der Waals surface area contributed by atoms with Crippen molar-refractivity contribution in [2.75, 3.05) is 7.05 Å². The molecule has 1 N–H and O–H groups in total. The first kappa shape index (κ1) is 7.80. The van der Waals surface area contributed by atoms with Crippen LogP contribution in [0.1, 0.15) is 25.7 Å². The summed E-state index contributed by atoms with van der Waals surface area (Å²) in [4.78, 5) is 0. The first-order valence-corrected chi connectivity index (χ1v) is 4.18. The second kappa shape index (κ2) is 3.77. The van der Waals surface area contributed by atoms with Crippen LogP contribution in [0.3, 0.4) is 0 Å². The van der Waals surface area contributed by atoms with Crippen molar-refractivity contribution >= 4 is 0 Å². The Morgan fingerprint density at radius 1 is 1.40 bits per heavy atom. The average Bonchev–Trinajstić information content (AvgIpc) is 2.04. The van der Waals surface area contributed by atoms with Crippen LogP contribution >= 0.6 is 0 Å². The van der Waals surface area contributed by atoms with E-state index in [-0.39, 0.29) is 0 Å². The summed E-state index contributed by atoms with van der Waals surface area (Å²) in [6.45, 7) is 3.84. The largest absolute Gasteiger partial charge is 0.316 e. The van der Waals surface area contributed by atoms with Crippen molar-refractivity contribution in [2.24, 2.45) is 5.92 Å². The van der Waals surface area contributed by atoms with E-state index in [1.165, 1.54) is 25.7 Å². The fourth-order valence-electron chi connectivity index (χ4n) is 1.80. The van der Waals surface area contributed by atoms with Gasteiger partial charge in [-0.2, -0.15) is 0 Å². The van der Waals surface area contributed by atoms with E-state index in [9.17, 15) is 0 Å². The van der Waals surface area contributed by atoms with Gasteiger partial charge < -0.3 is 5.32 Å². The SMILES string of the molecule is C=CC1CCCCC1NC. The van der Waals surface area contributed by atoms with Crippen LogP contribution in [0.5, 0.6) is 0 Å². The minimum atomic E-state index is 0.700. The molecule has 1 nitrogen and oxygen atoms in total. The van der Waals surface area contributed by atoms with Crippen LogP contribution < -0.4 is 5.32 Å². The van der Waals surface area contributed by atoms with Crippen molar-refractivity contribution in [3.63, 3.8) is 0 Å². The predicted octanol–water partition coefficient (Wildman–Crippen LogP) is 1.95. The van der Waals surface area contributed by atoms with Crippen LogP contribution in [0, 0.1) is 5.92 Å². The summed E-state index contributed by atoms with van der Waals surface area (Å²) in [5.41, 5.74) is 0. The number of hydrogen-bond acceptors (Lipinski definition) is 1. The van der Waals surface area contributed by atoms with Gasteiger partial charge in [-0.05, 0) is 25.8 Å². The van der Waals surface area contributed by atoms with Gasteiger partial charge in [0.2, 0.25) is 0 Å². The molecule has 1 aliphatic rings. The Balaban J connectivity index is 2.41. The van der Waals surface area contributed by atoms with Crippen LogP contribution in [-0.2, 0) is 0 Å². The molecule has 0 aliphatic heterocycles. The van der Waals surface area contributed by atoms with Gasteiger partial charge in [0.05, 0.1) is 0 Å². The molecule has 0 amide bonds. The lowest BCUT2D eigenvalue weighted by Crippen LogP contribution is -2.34. The van der Waals surface area contributed by atoms with Gasteiger partial charge in [0.25, 0.3) is 0 Å². The van der Waals surface area contributed by atoms with Gasteiger partial charge in [-0.1, -0.05) is 18.9 Å². The van der Waals surface area contributed by atoms with E-state index in [2.05, 4.69) is 18.0 Å². The molecule has 2 atom stereocenters. The number of nitrogens with one attached hydrogen (secondary N) is 1. The van der Waals surface area contributed by atoms with Gasteiger partial charge in [0.1, 0.15) is 0 Å². The third-order valence-corrected chi connectivity index (χ3v) is 2.49. The highest BCUT2D eigenvalue weighted by Crippen LogP contribution is 2.24. The van der Waals surface area contributed by atoms with Gasteiger partial charge in [0.15, 0.2) is 0 Å². The molecule has 0 aromatic heterocycles. The van der Waals surface area contributed by atoms with Gasteiger partial charge in [0, 0.05) is 6.04 Å². The van der Waals surface area contributed by atoms with Crippen molar-refractivity contribution in [2.45, 2.75) is 31.7 Å². The molecular formula is C9H17N. The molecule has 10 heavy (non-hydrogen) atoms. The van der Waals surface area contributed by atoms with E-state index >= 15 is 0 Å².